The number of carbonyl (C=O) groups excluding carboxylic acids is 1. The fourth-order valence-electron chi connectivity index (χ4n) is 1.78. The molecule has 2 aromatic rings. The summed E-state index contributed by atoms with van der Waals surface area (Å²) in [4.78, 5) is 12.6. The predicted octanol–water partition coefficient (Wildman–Crippen LogP) is 3.38. The summed E-state index contributed by atoms with van der Waals surface area (Å²) < 4.78 is 5.33. The van der Waals surface area contributed by atoms with E-state index in [9.17, 15) is 4.79 Å². The van der Waals surface area contributed by atoms with Crippen LogP contribution in [0.3, 0.4) is 0 Å². The largest absolute Gasteiger partial charge is 0.457 e. The van der Waals surface area contributed by atoms with Crippen LogP contribution in [0.2, 0.25) is 5.02 Å². The van der Waals surface area contributed by atoms with E-state index in [0.29, 0.717) is 18.6 Å². The predicted molar refractivity (Wildman–Crippen MR) is 70.7 cm³/mol. The van der Waals surface area contributed by atoms with Gasteiger partial charge in [0.15, 0.2) is 12.0 Å². The summed E-state index contributed by atoms with van der Waals surface area (Å²) in [5.74, 6) is 1.13. The van der Waals surface area contributed by atoms with E-state index >= 15 is 0 Å². The molecule has 18 heavy (non-hydrogen) atoms. The zero-order valence-corrected chi connectivity index (χ0v) is 10.9. The molecule has 0 fully saturated rings. The van der Waals surface area contributed by atoms with E-state index in [1.54, 1.807) is 6.07 Å². The molecule has 0 aliphatic rings. The number of furan rings is 1. The van der Waals surface area contributed by atoms with Crippen LogP contribution in [0.1, 0.15) is 21.9 Å². The highest BCUT2D eigenvalue weighted by molar-refractivity contribution is 6.31. The van der Waals surface area contributed by atoms with Crippen LogP contribution >= 0.6 is 11.6 Å². The second kappa shape index (κ2) is 5.85. The molecule has 1 aromatic carbocycles. The molecule has 0 unspecified atom stereocenters. The minimum absolute atomic E-state index is 0.358. The Morgan fingerprint density at radius 3 is 2.67 bits per heavy atom. The number of aldehydes is 1. The molecule has 0 amide bonds. The number of benzene rings is 1. The molecule has 0 bridgehead atoms. The van der Waals surface area contributed by atoms with Crippen LogP contribution in [0.5, 0.6) is 0 Å². The molecule has 94 valence electrons. The van der Waals surface area contributed by atoms with Gasteiger partial charge >= 0.3 is 0 Å². The topological polar surface area (TPSA) is 33.5 Å². The maximum absolute atomic E-state index is 10.5. The first kappa shape index (κ1) is 12.9. The monoisotopic (exact) mass is 263 g/mol. The Bertz CT molecular complexity index is 536. The number of rotatable bonds is 5. The Morgan fingerprint density at radius 2 is 2.00 bits per heavy atom. The van der Waals surface area contributed by atoms with E-state index in [-0.39, 0.29) is 0 Å². The van der Waals surface area contributed by atoms with E-state index in [0.717, 1.165) is 22.9 Å². The minimum atomic E-state index is 0.358. The van der Waals surface area contributed by atoms with E-state index in [2.05, 4.69) is 4.90 Å². The molecule has 1 heterocycles. The molecule has 0 spiro atoms. The van der Waals surface area contributed by atoms with Crippen molar-refractivity contribution in [3.05, 3.63) is 58.5 Å². The molecular formula is C14H14ClNO2. The van der Waals surface area contributed by atoms with E-state index in [1.807, 2.05) is 37.4 Å². The summed E-state index contributed by atoms with van der Waals surface area (Å²) in [6.07, 6.45) is 0.706. The molecular weight excluding hydrogens is 250 g/mol. The van der Waals surface area contributed by atoms with Crippen LogP contribution in [0, 0.1) is 0 Å². The first-order valence-corrected chi connectivity index (χ1v) is 6.02. The SMILES string of the molecule is CN(Cc1ccc(C=O)o1)Cc1ccccc1Cl. The molecule has 0 radical (unpaired) electrons. The van der Waals surface area contributed by atoms with Crippen molar-refractivity contribution in [1.82, 2.24) is 4.90 Å². The zero-order chi connectivity index (χ0) is 13.0. The Morgan fingerprint density at radius 1 is 1.22 bits per heavy atom. The summed E-state index contributed by atoms with van der Waals surface area (Å²) in [5.41, 5.74) is 1.07. The quantitative estimate of drug-likeness (QED) is 0.776. The van der Waals surface area contributed by atoms with Crippen LogP contribution in [-0.4, -0.2) is 18.2 Å². The van der Waals surface area contributed by atoms with Gasteiger partial charge in [-0.2, -0.15) is 0 Å². The van der Waals surface area contributed by atoms with Gasteiger partial charge in [0, 0.05) is 11.6 Å². The third-order valence-electron chi connectivity index (χ3n) is 2.62. The first-order chi connectivity index (χ1) is 8.69. The molecule has 0 N–H and O–H groups in total. The van der Waals surface area contributed by atoms with Crippen molar-refractivity contribution in [2.24, 2.45) is 0 Å². The van der Waals surface area contributed by atoms with E-state index in [1.165, 1.54) is 0 Å². The van der Waals surface area contributed by atoms with Crippen molar-refractivity contribution < 1.29 is 9.21 Å². The molecule has 1 aromatic heterocycles. The molecule has 2 rings (SSSR count). The number of halogens is 1. The van der Waals surface area contributed by atoms with Crippen LogP contribution in [0.15, 0.2) is 40.8 Å². The number of hydrogen-bond donors (Lipinski definition) is 0. The smallest absolute Gasteiger partial charge is 0.185 e. The average Bonchev–Trinajstić information content (AvgIpc) is 2.80. The van der Waals surface area contributed by atoms with E-state index in [4.69, 9.17) is 16.0 Å². The average molecular weight is 264 g/mol. The van der Waals surface area contributed by atoms with Crippen molar-refractivity contribution in [2.45, 2.75) is 13.1 Å². The van der Waals surface area contributed by atoms with E-state index < -0.39 is 0 Å². The molecule has 0 aliphatic carbocycles. The Hall–Kier alpha value is -1.58. The lowest BCUT2D eigenvalue weighted by molar-refractivity contribution is 0.109. The summed E-state index contributed by atoms with van der Waals surface area (Å²) in [7, 11) is 1.98. The maximum Gasteiger partial charge on any atom is 0.185 e. The molecule has 3 nitrogen and oxygen atoms in total. The van der Waals surface area contributed by atoms with Gasteiger partial charge in [0.1, 0.15) is 5.76 Å². The fourth-order valence-corrected chi connectivity index (χ4v) is 1.98. The zero-order valence-electron chi connectivity index (χ0n) is 10.1. The fraction of sp³-hybridized carbons (Fsp3) is 0.214. The van der Waals surface area contributed by atoms with Crippen LogP contribution in [0.25, 0.3) is 0 Å². The van der Waals surface area contributed by atoms with Gasteiger partial charge in [-0.25, -0.2) is 0 Å². The lowest BCUT2D eigenvalue weighted by atomic mass is 10.2. The Labute approximate surface area is 111 Å². The van der Waals surface area contributed by atoms with Crippen molar-refractivity contribution in [1.29, 1.82) is 0 Å². The van der Waals surface area contributed by atoms with Gasteiger partial charge in [0.05, 0.1) is 6.54 Å². The lowest BCUT2D eigenvalue weighted by Gasteiger charge is -2.15. The Kier molecular flexibility index (Phi) is 4.18. The van der Waals surface area contributed by atoms with Crippen molar-refractivity contribution >= 4 is 17.9 Å². The number of hydrogen-bond acceptors (Lipinski definition) is 3. The van der Waals surface area contributed by atoms with Gasteiger partial charge in [-0.15, -0.1) is 0 Å². The van der Waals surface area contributed by atoms with Gasteiger partial charge in [0.25, 0.3) is 0 Å². The van der Waals surface area contributed by atoms with Gasteiger partial charge in [-0.1, -0.05) is 29.8 Å². The third-order valence-corrected chi connectivity index (χ3v) is 2.99. The number of carbonyl (C=O) groups is 1. The highest BCUT2D eigenvalue weighted by Gasteiger charge is 2.07. The van der Waals surface area contributed by atoms with Crippen molar-refractivity contribution in [3.8, 4) is 0 Å². The van der Waals surface area contributed by atoms with Crippen molar-refractivity contribution in [3.63, 3.8) is 0 Å². The molecule has 0 saturated carbocycles. The minimum Gasteiger partial charge on any atom is -0.457 e. The standard InChI is InChI=1S/C14H14ClNO2/c1-16(8-11-4-2-3-5-14(11)15)9-12-6-7-13(10-17)18-12/h2-7,10H,8-9H2,1H3. The summed E-state index contributed by atoms with van der Waals surface area (Å²) in [6.45, 7) is 1.37. The molecule has 0 saturated heterocycles. The van der Waals surface area contributed by atoms with Gasteiger partial charge in [0.2, 0.25) is 0 Å². The Balaban J connectivity index is 1.98. The second-order valence-corrected chi connectivity index (χ2v) is 4.59. The highest BCUT2D eigenvalue weighted by Crippen LogP contribution is 2.17. The van der Waals surface area contributed by atoms with Crippen LogP contribution in [-0.2, 0) is 13.1 Å². The molecule has 4 heteroatoms. The highest BCUT2D eigenvalue weighted by atomic mass is 35.5. The number of nitrogens with zero attached hydrogens (tertiary/aromatic N) is 1. The van der Waals surface area contributed by atoms with Gasteiger partial charge in [-0.05, 0) is 30.8 Å². The molecule has 0 aliphatic heterocycles. The summed E-state index contributed by atoms with van der Waals surface area (Å²) in [5, 5.41) is 0.761. The lowest BCUT2D eigenvalue weighted by Crippen LogP contribution is -2.17. The third kappa shape index (κ3) is 3.22. The second-order valence-electron chi connectivity index (χ2n) is 4.19. The maximum atomic E-state index is 10.5. The van der Waals surface area contributed by atoms with Crippen LogP contribution < -0.4 is 0 Å². The van der Waals surface area contributed by atoms with Gasteiger partial charge < -0.3 is 4.42 Å². The normalized spacial score (nSPS) is 10.8. The summed E-state index contributed by atoms with van der Waals surface area (Å²) >= 11 is 6.10. The molecule has 0 atom stereocenters. The first-order valence-electron chi connectivity index (χ1n) is 5.65. The summed E-state index contributed by atoms with van der Waals surface area (Å²) in [6, 6.07) is 11.2. The van der Waals surface area contributed by atoms with Crippen molar-refractivity contribution in [2.75, 3.05) is 7.05 Å². The van der Waals surface area contributed by atoms with Gasteiger partial charge in [-0.3, -0.25) is 9.69 Å². The van der Waals surface area contributed by atoms with Crippen LogP contribution in [0.4, 0.5) is 0 Å².